The lowest BCUT2D eigenvalue weighted by atomic mass is 9.72. The summed E-state index contributed by atoms with van der Waals surface area (Å²) in [6, 6.07) is 0. The maximum absolute atomic E-state index is 5.87. The summed E-state index contributed by atoms with van der Waals surface area (Å²) < 4.78 is 11.7. The zero-order valence-electron chi connectivity index (χ0n) is 12.2. The van der Waals surface area contributed by atoms with Crippen LogP contribution in [0.5, 0.6) is 0 Å². The summed E-state index contributed by atoms with van der Waals surface area (Å²) in [5.41, 5.74) is 0.289. The minimum absolute atomic E-state index is 0.289. The van der Waals surface area contributed by atoms with Gasteiger partial charge in [-0.25, -0.2) is 0 Å². The lowest BCUT2D eigenvalue weighted by Crippen LogP contribution is -2.28. The molecule has 2 aliphatic heterocycles. The molecule has 106 valence electrons. The smallest absolute Gasteiger partial charge is 0.0920 e. The van der Waals surface area contributed by atoms with Crippen molar-refractivity contribution < 1.29 is 9.47 Å². The quantitative estimate of drug-likeness (QED) is 0.728. The molecule has 9 atom stereocenters. The summed E-state index contributed by atoms with van der Waals surface area (Å²) in [5.74, 6) is 4.68. The van der Waals surface area contributed by atoms with E-state index in [-0.39, 0.29) is 5.60 Å². The Kier molecular flexibility index (Phi) is 2.17. The Labute approximate surface area is 116 Å². The van der Waals surface area contributed by atoms with E-state index in [2.05, 4.69) is 13.8 Å². The Morgan fingerprint density at radius 3 is 2.84 bits per heavy atom. The van der Waals surface area contributed by atoms with E-state index in [9.17, 15) is 0 Å². The summed E-state index contributed by atoms with van der Waals surface area (Å²) in [7, 11) is 0. The molecule has 0 aromatic rings. The molecule has 5 aliphatic rings. The highest BCUT2D eigenvalue weighted by Gasteiger charge is 2.63. The van der Waals surface area contributed by atoms with Gasteiger partial charge in [-0.1, -0.05) is 6.92 Å². The molecule has 0 spiro atoms. The molecule has 2 nitrogen and oxygen atoms in total. The van der Waals surface area contributed by atoms with Crippen LogP contribution in [0.1, 0.15) is 52.4 Å². The van der Waals surface area contributed by atoms with E-state index in [0.29, 0.717) is 18.3 Å². The number of rotatable bonds is 3. The molecule has 0 amide bonds. The molecular weight excluding hydrogens is 236 g/mol. The first-order valence-corrected chi connectivity index (χ1v) is 8.47. The highest BCUT2D eigenvalue weighted by molar-refractivity contribution is 5.11. The Bertz CT molecular complexity index is 408. The van der Waals surface area contributed by atoms with Gasteiger partial charge >= 0.3 is 0 Å². The van der Waals surface area contributed by atoms with Crippen LogP contribution < -0.4 is 0 Å². The standard InChI is InChI=1S/C17H26O2/c1-9(10-3-4-17(2)14(8-10)19-17)5-11-6-12-7-13(11)16-15(12)18-16/h9-16H,3-8H2,1-2H3. The second-order valence-corrected chi connectivity index (χ2v) is 8.39. The van der Waals surface area contributed by atoms with Gasteiger partial charge in [0.25, 0.3) is 0 Å². The SMILES string of the molecule is CC(CC1CC2CC1C1OC21)C1CCC2(C)OC2C1. The van der Waals surface area contributed by atoms with Crippen molar-refractivity contribution in [2.45, 2.75) is 76.3 Å². The summed E-state index contributed by atoms with van der Waals surface area (Å²) in [4.78, 5) is 0. The molecule has 2 heterocycles. The van der Waals surface area contributed by atoms with Crippen molar-refractivity contribution in [1.29, 1.82) is 0 Å². The van der Waals surface area contributed by atoms with Gasteiger partial charge in [-0.3, -0.25) is 0 Å². The highest BCUT2D eigenvalue weighted by Crippen LogP contribution is 2.60. The third kappa shape index (κ3) is 1.62. The lowest BCUT2D eigenvalue weighted by molar-refractivity contribution is 0.191. The minimum atomic E-state index is 0.289. The zero-order chi connectivity index (χ0) is 12.8. The van der Waals surface area contributed by atoms with Gasteiger partial charge in [0.05, 0.1) is 23.9 Å². The first-order valence-electron chi connectivity index (χ1n) is 8.47. The molecule has 5 fully saturated rings. The number of epoxide rings is 2. The average molecular weight is 262 g/mol. The van der Waals surface area contributed by atoms with E-state index in [4.69, 9.17) is 9.47 Å². The third-order valence-electron chi connectivity index (χ3n) is 7.28. The van der Waals surface area contributed by atoms with Gasteiger partial charge in [0, 0.05) is 0 Å². The van der Waals surface area contributed by atoms with Crippen molar-refractivity contribution in [2.24, 2.45) is 29.6 Å². The fraction of sp³-hybridized carbons (Fsp3) is 1.00. The maximum Gasteiger partial charge on any atom is 0.0920 e. The first-order chi connectivity index (χ1) is 9.14. The molecule has 2 heteroatoms. The monoisotopic (exact) mass is 262 g/mol. The van der Waals surface area contributed by atoms with Gasteiger partial charge in [0.15, 0.2) is 0 Å². The first kappa shape index (κ1) is 11.6. The van der Waals surface area contributed by atoms with Crippen LogP contribution in [0.4, 0.5) is 0 Å². The fourth-order valence-electron chi connectivity index (χ4n) is 5.86. The van der Waals surface area contributed by atoms with Crippen LogP contribution in [0, 0.1) is 29.6 Å². The molecule has 2 bridgehead atoms. The zero-order valence-corrected chi connectivity index (χ0v) is 12.2. The van der Waals surface area contributed by atoms with Crippen LogP contribution in [0.2, 0.25) is 0 Å². The fourth-order valence-corrected chi connectivity index (χ4v) is 5.86. The van der Waals surface area contributed by atoms with E-state index in [1.807, 2.05) is 0 Å². The van der Waals surface area contributed by atoms with Gasteiger partial charge in [0.1, 0.15) is 0 Å². The van der Waals surface area contributed by atoms with Crippen LogP contribution in [0.15, 0.2) is 0 Å². The van der Waals surface area contributed by atoms with Gasteiger partial charge in [-0.2, -0.15) is 0 Å². The van der Waals surface area contributed by atoms with E-state index >= 15 is 0 Å². The van der Waals surface area contributed by atoms with Gasteiger partial charge in [-0.05, 0) is 75.0 Å². The molecule has 3 saturated carbocycles. The molecule has 9 unspecified atom stereocenters. The maximum atomic E-state index is 5.87. The van der Waals surface area contributed by atoms with Crippen LogP contribution in [0.25, 0.3) is 0 Å². The summed E-state index contributed by atoms with van der Waals surface area (Å²) in [6.45, 7) is 4.81. The molecule has 3 aliphatic carbocycles. The molecule has 0 radical (unpaired) electrons. The van der Waals surface area contributed by atoms with E-state index < -0.39 is 0 Å². The molecular formula is C17H26O2. The molecule has 0 aromatic heterocycles. The van der Waals surface area contributed by atoms with Crippen LogP contribution in [-0.4, -0.2) is 23.9 Å². The van der Waals surface area contributed by atoms with Crippen molar-refractivity contribution in [2.75, 3.05) is 0 Å². The van der Waals surface area contributed by atoms with Gasteiger partial charge in [0.2, 0.25) is 0 Å². The second-order valence-electron chi connectivity index (χ2n) is 8.39. The van der Waals surface area contributed by atoms with Gasteiger partial charge < -0.3 is 9.47 Å². The van der Waals surface area contributed by atoms with Crippen LogP contribution in [-0.2, 0) is 9.47 Å². The number of fused-ring (bicyclic) bond motifs is 6. The van der Waals surface area contributed by atoms with Crippen molar-refractivity contribution in [3.63, 3.8) is 0 Å². The van der Waals surface area contributed by atoms with Crippen molar-refractivity contribution in [3.8, 4) is 0 Å². The molecule has 0 N–H and O–H groups in total. The van der Waals surface area contributed by atoms with Crippen molar-refractivity contribution >= 4 is 0 Å². The third-order valence-corrected chi connectivity index (χ3v) is 7.28. The molecule has 19 heavy (non-hydrogen) atoms. The topological polar surface area (TPSA) is 25.1 Å². The average Bonchev–Trinajstić information content (AvgIpc) is 3.24. The van der Waals surface area contributed by atoms with Crippen LogP contribution >= 0.6 is 0 Å². The highest BCUT2D eigenvalue weighted by atomic mass is 16.6. The van der Waals surface area contributed by atoms with E-state index in [1.165, 1.54) is 38.5 Å². The summed E-state index contributed by atoms with van der Waals surface area (Å²) >= 11 is 0. The Balaban J connectivity index is 1.21. The Hall–Kier alpha value is -0.0800. The molecule has 0 aromatic carbocycles. The van der Waals surface area contributed by atoms with E-state index in [1.54, 1.807) is 0 Å². The van der Waals surface area contributed by atoms with Crippen molar-refractivity contribution in [1.82, 2.24) is 0 Å². The number of hydrogen-bond acceptors (Lipinski definition) is 2. The lowest BCUT2D eigenvalue weighted by Gasteiger charge is -2.31. The Morgan fingerprint density at radius 1 is 1.21 bits per heavy atom. The summed E-state index contributed by atoms with van der Waals surface area (Å²) in [6.07, 6.45) is 10.5. The normalized spacial score (nSPS) is 62.5. The number of hydrogen-bond donors (Lipinski definition) is 0. The van der Waals surface area contributed by atoms with Gasteiger partial charge in [-0.15, -0.1) is 0 Å². The minimum Gasteiger partial charge on any atom is -0.369 e. The second kappa shape index (κ2) is 3.57. The van der Waals surface area contributed by atoms with Crippen molar-refractivity contribution in [3.05, 3.63) is 0 Å². The molecule has 2 saturated heterocycles. The molecule has 5 rings (SSSR count). The summed E-state index contributed by atoms with van der Waals surface area (Å²) in [5, 5.41) is 0. The van der Waals surface area contributed by atoms with E-state index in [0.717, 1.165) is 29.6 Å². The predicted octanol–water partition coefficient (Wildman–Crippen LogP) is 3.39. The Morgan fingerprint density at radius 2 is 2.11 bits per heavy atom. The number of ether oxygens (including phenoxy) is 2. The predicted molar refractivity (Wildman–Crippen MR) is 72.8 cm³/mol. The largest absolute Gasteiger partial charge is 0.369 e. The van der Waals surface area contributed by atoms with Crippen LogP contribution in [0.3, 0.4) is 0 Å².